The van der Waals surface area contributed by atoms with Gasteiger partial charge in [0.05, 0.1) is 12.5 Å². The van der Waals surface area contributed by atoms with E-state index in [1.165, 1.54) is 0 Å². The molecule has 0 bridgehead atoms. The van der Waals surface area contributed by atoms with E-state index in [2.05, 4.69) is 15.5 Å². The van der Waals surface area contributed by atoms with Crippen LogP contribution < -0.4 is 15.4 Å². The molecule has 3 heterocycles. The van der Waals surface area contributed by atoms with Crippen molar-refractivity contribution in [1.82, 2.24) is 4.90 Å². The van der Waals surface area contributed by atoms with Gasteiger partial charge in [-0.1, -0.05) is 18.2 Å². The highest BCUT2D eigenvalue weighted by Crippen LogP contribution is 2.55. The lowest BCUT2D eigenvalue weighted by molar-refractivity contribution is -0.134. The molecule has 6 nitrogen and oxygen atoms in total. The summed E-state index contributed by atoms with van der Waals surface area (Å²) in [6.07, 6.45) is 0.678. The third-order valence-corrected chi connectivity index (χ3v) is 7.21. The minimum Gasteiger partial charge on any atom is -0.494 e. The summed E-state index contributed by atoms with van der Waals surface area (Å²) in [5.74, 6) is 1.84. The second-order valence-corrected chi connectivity index (χ2v) is 8.62. The summed E-state index contributed by atoms with van der Waals surface area (Å²) in [5, 5.41) is 6.06. The number of benzene rings is 2. The van der Waals surface area contributed by atoms with Crippen LogP contribution in [-0.4, -0.2) is 41.0 Å². The van der Waals surface area contributed by atoms with Crippen molar-refractivity contribution in [2.24, 2.45) is 5.92 Å². The van der Waals surface area contributed by atoms with Gasteiger partial charge in [0.1, 0.15) is 11.3 Å². The van der Waals surface area contributed by atoms with Crippen molar-refractivity contribution < 1.29 is 14.3 Å². The van der Waals surface area contributed by atoms with Crippen molar-refractivity contribution in [3.05, 3.63) is 54.1 Å². The van der Waals surface area contributed by atoms with E-state index in [1.807, 2.05) is 67.2 Å². The summed E-state index contributed by atoms with van der Waals surface area (Å²) in [4.78, 5) is 29.0. The maximum absolute atomic E-state index is 13.4. The zero-order valence-electron chi connectivity index (χ0n) is 16.2. The number of fused-ring (bicyclic) bond motifs is 4. The van der Waals surface area contributed by atoms with E-state index >= 15 is 0 Å². The van der Waals surface area contributed by atoms with E-state index in [1.54, 1.807) is 0 Å². The number of hydrogen-bond donors (Lipinski definition) is 2. The standard InChI is InChI=1S/C22H23N3O3S/c1-2-28-16-9-7-14(8-10-16)23-20(26)18-11-15-12-29-13-25(15)22(18)17-5-3-4-6-19(17)24-21(22)27/h3-10,15,18H,2,11-13H2,1H3,(H,23,26)(H,24,27)/t15-,18-,22+/m0/s1. The molecule has 3 aliphatic heterocycles. The average molecular weight is 410 g/mol. The first-order chi connectivity index (χ1) is 14.1. The molecular weight excluding hydrogens is 386 g/mol. The van der Waals surface area contributed by atoms with Crippen LogP contribution in [0.2, 0.25) is 0 Å². The van der Waals surface area contributed by atoms with E-state index in [0.29, 0.717) is 18.7 Å². The lowest BCUT2D eigenvalue weighted by Gasteiger charge is -2.36. The van der Waals surface area contributed by atoms with E-state index in [0.717, 1.165) is 28.6 Å². The molecule has 2 aromatic rings. The number of thioether (sulfide) groups is 1. The molecule has 2 saturated heterocycles. The van der Waals surface area contributed by atoms with Gasteiger partial charge in [-0.05, 0) is 43.7 Å². The first kappa shape index (κ1) is 18.5. The van der Waals surface area contributed by atoms with Gasteiger partial charge in [-0.25, -0.2) is 0 Å². The summed E-state index contributed by atoms with van der Waals surface area (Å²) >= 11 is 1.83. The maximum atomic E-state index is 13.4. The Labute approximate surface area is 174 Å². The Hall–Kier alpha value is -2.51. The van der Waals surface area contributed by atoms with Gasteiger partial charge in [0.15, 0.2) is 0 Å². The van der Waals surface area contributed by atoms with E-state index < -0.39 is 11.5 Å². The fourth-order valence-corrected chi connectivity index (χ4v) is 6.24. The molecule has 1 spiro atoms. The van der Waals surface area contributed by atoms with Crippen molar-refractivity contribution in [1.29, 1.82) is 0 Å². The minimum absolute atomic E-state index is 0.0875. The molecule has 2 amide bonds. The Morgan fingerprint density at radius 3 is 2.86 bits per heavy atom. The van der Waals surface area contributed by atoms with Gasteiger partial charge in [-0.3, -0.25) is 14.5 Å². The number of carbonyl (C=O) groups is 2. The van der Waals surface area contributed by atoms with Gasteiger partial charge in [0.2, 0.25) is 11.8 Å². The van der Waals surface area contributed by atoms with Crippen LogP contribution in [0.1, 0.15) is 18.9 Å². The Balaban J connectivity index is 1.49. The lowest BCUT2D eigenvalue weighted by atomic mass is 9.79. The number of rotatable bonds is 4. The van der Waals surface area contributed by atoms with Gasteiger partial charge >= 0.3 is 0 Å². The van der Waals surface area contributed by atoms with E-state index in [4.69, 9.17) is 4.74 Å². The van der Waals surface area contributed by atoms with Crippen LogP contribution in [0.15, 0.2) is 48.5 Å². The van der Waals surface area contributed by atoms with Crippen molar-refractivity contribution in [3.8, 4) is 5.75 Å². The predicted molar refractivity (Wildman–Crippen MR) is 114 cm³/mol. The number of carbonyl (C=O) groups excluding carboxylic acids is 2. The molecule has 2 aromatic carbocycles. The molecule has 0 aromatic heterocycles. The molecule has 29 heavy (non-hydrogen) atoms. The van der Waals surface area contributed by atoms with Gasteiger partial charge in [0.25, 0.3) is 0 Å². The molecule has 3 aliphatic rings. The molecule has 0 radical (unpaired) electrons. The van der Waals surface area contributed by atoms with Crippen LogP contribution in [0.4, 0.5) is 11.4 Å². The van der Waals surface area contributed by atoms with Crippen molar-refractivity contribution in [2.45, 2.75) is 24.9 Å². The molecule has 0 aliphatic carbocycles. The van der Waals surface area contributed by atoms with E-state index in [9.17, 15) is 9.59 Å². The van der Waals surface area contributed by atoms with Gasteiger partial charge in [-0.2, -0.15) is 0 Å². The molecule has 5 rings (SSSR count). The second-order valence-electron chi connectivity index (χ2n) is 7.62. The SMILES string of the molecule is CCOc1ccc(NC(=O)[C@@H]2C[C@H]3CSCN3[C@@]23C(=O)Nc2ccccc23)cc1. The predicted octanol–water partition coefficient (Wildman–Crippen LogP) is 3.27. The number of nitrogens with one attached hydrogen (secondary N) is 2. The third-order valence-electron chi connectivity index (χ3n) is 6.13. The van der Waals surface area contributed by atoms with E-state index in [-0.39, 0.29) is 17.9 Å². The zero-order chi connectivity index (χ0) is 20.0. The molecule has 0 saturated carbocycles. The largest absolute Gasteiger partial charge is 0.494 e. The van der Waals surface area contributed by atoms with Crippen molar-refractivity contribution >= 4 is 35.0 Å². The van der Waals surface area contributed by atoms with Crippen molar-refractivity contribution in [2.75, 3.05) is 28.9 Å². The fourth-order valence-electron chi connectivity index (χ4n) is 4.93. The maximum Gasteiger partial charge on any atom is 0.250 e. The van der Waals surface area contributed by atoms with Gasteiger partial charge < -0.3 is 15.4 Å². The Morgan fingerprint density at radius 2 is 2.07 bits per heavy atom. The highest BCUT2D eigenvalue weighted by Gasteiger charge is 2.65. The first-order valence-electron chi connectivity index (χ1n) is 9.93. The summed E-state index contributed by atoms with van der Waals surface area (Å²) < 4.78 is 5.47. The summed E-state index contributed by atoms with van der Waals surface area (Å²) in [7, 11) is 0. The Morgan fingerprint density at radius 1 is 1.28 bits per heavy atom. The Kier molecular flexibility index (Phi) is 4.52. The molecule has 3 atom stereocenters. The smallest absolute Gasteiger partial charge is 0.250 e. The molecule has 7 heteroatoms. The molecular formula is C22H23N3O3S. The average Bonchev–Trinajstić information content (AvgIpc) is 3.38. The van der Waals surface area contributed by atoms with Crippen LogP contribution >= 0.6 is 11.8 Å². The summed E-state index contributed by atoms with van der Waals surface area (Å²) in [6, 6.07) is 15.3. The van der Waals surface area contributed by atoms with Crippen LogP contribution in [0.3, 0.4) is 0 Å². The lowest BCUT2D eigenvalue weighted by Crippen LogP contribution is -2.53. The monoisotopic (exact) mass is 409 g/mol. The third kappa shape index (κ3) is 2.75. The number of ether oxygens (including phenoxy) is 1. The number of amides is 2. The Bertz CT molecular complexity index is 964. The molecule has 0 unspecified atom stereocenters. The number of nitrogens with zero attached hydrogens (tertiary/aromatic N) is 1. The van der Waals surface area contributed by atoms with Crippen molar-refractivity contribution in [3.63, 3.8) is 0 Å². The topological polar surface area (TPSA) is 70.7 Å². The fraction of sp³-hybridized carbons (Fsp3) is 0.364. The van der Waals surface area contributed by atoms with Gasteiger partial charge in [0, 0.05) is 34.6 Å². The molecule has 2 fully saturated rings. The first-order valence-corrected chi connectivity index (χ1v) is 11.1. The highest BCUT2D eigenvalue weighted by molar-refractivity contribution is 7.99. The highest BCUT2D eigenvalue weighted by atomic mass is 32.2. The second kappa shape index (κ2) is 7.07. The van der Waals surface area contributed by atoms with Crippen LogP contribution in [-0.2, 0) is 15.1 Å². The summed E-state index contributed by atoms with van der Waals surface area (Å²) in [6.45, 7) is 2.53. The normalized spacial score (nSPS) is 27.6. The van der Waals surface area contributed by atoms with Crippen LogP contribution in [0, 0.1) is 5.92 Å². The van der Waals surface area contributed by atoms with Crippen LogP contribution in [0.25, 0.3) is 0 Å². The number of hydrogen-bond acceptors (Lipinski definition) is 5. The minimum atomic E-state index is -0.930. The number of para-hydroxylation sites is 1. The molecule has 150 valence electrons. The van der Waals surface area contributed by atoms with Gasteiger partial charge in [-0.15, -0.1) is 11.8 Å². The number of anilines is 2. The quantitative estimate of drug-likeness (QED) is 0.811. The van der Waals surface area contributed by atoms with Crippen LogP contribution in [0.5, 0.6) is 5.75 Å². The summed E-state index contributed by atoms with van der Waals surface area (Å²) in [5.41, 5.74) is 1.51. The molecule has 2 N–H and O–H groups in total. The zero-order valence-corrected chi connectivity index (χ0v) is 17.0.